The number of nitrogens with one attached hydrogen (secondary N) is 1. The van der Waals surface area contributed by atoms with Crippen molar-refractivity contribution in [2.45, 2.75) is 19.4 Å². The van der Waals surface area contributed by atoms with E-state index in [2.05, 4.69) is 34.8 Å². The summed E-state index contributed by atoms with van der Waals surface area (Å²) >= 11 is 0. The number of hydrogen-bond donors (Lipinski definition) is 1. The molecule has 1 aromatic heterocycles. The molecule has 0 unspecified atom stereocenters. The normalized spacial score (nSPS) is 12.0. The Balaban J connectivity index is 2.33. The topological polar surface area (TPSA) is 39.1 Å². The molecule has 17 heavy (non-hydrogen) atoms. The number of para-hydroxylation sites is 2. The highest BCUT2D eigenvalue weighted by Crippen LogP contribution is 2.20. The van der Waals surface area contributed by atoms with Crippen LogP contribution in [0.5, 0.6) is 0 Å². The molecule has 4 nitrogen and oxygen atoms in total. The summed E-state index contributed by atoms with van der Waals surface area (Å²) in [4.78, 5) is 4.58. The van der Waals surface area contributed by atoms with Crippen LogP contribution in [0.2, 0.25) is 0 Å². The number of imidazole rings is 1. The van der Waals surface area contributed by atoms with Crippen LogP contribution in [0.1, 0.15) is 13.8 Å². The summed E-state index contributed by atoms with van der Waals surface area (Å²) in [5.41, 5.74) is 2.00. The number of nitrogens with zero attached hydrogens (tertiary/aromatic N) is 2. The number of anilines is 1. The standard InChI is InChI=1S/C13H19N3O/c1-13(2,9-17-4)15-12-14-10-7-5-6-8-11(10)16(12)3/h5-8H,9H2,1-4H3,(H,14,15). The van der Waals surface area contributed by atoms with Crippen LogP contribution in [0.3, 0.4) is 0 Å². The summed E-state index contributed by atoms with van der Waals surface area (Å²) in [6, 6.07) is 8.11. The fourth-order valence-electron chi connectivity index (χ4n) is 1.96. The third-order valence-corrected chi connectivity index (χ3v) is 2.74. The van der Waals surface area contributed by atoms with Crippen molar-refractivity contribution in [2.75, 3.05) is 19.0 Å². The van der Waals surface area contributed by atoms with Gasteiger partial charge >= 0.3 is 0 Å². The maximum Gasteiger partial charge on any atom is 0.204 e. The quantitative estimate of drug-likeness (QED) is 0.881. The maximum absolute atomic E-state index is 5.19. The number of aryl methyl sites for hydroxylation is 1. The first kappa shape index (κ1) is 11.9. The summed E-state index contributed by atoms with van der Waals surface area (Å²) < 4.78 is 7.26. The number of rotatable bonds is 4. The first-order valence-corrected chi connectivity index (χ1v) is 5.72. The SMILES string of the molecule is COCC(C)(C)Nc1nc2ccccc2n1C. The zero-order valence-corrected chi connectivity index (χ0v) is 10.8. The first-order chi connectivity index (χ1) is 8.03. The Morgan fingerprint density at radius 2 is 2.06 bits per heavy atom. The van der Waals surface area contributed by atoms with Crippen molar-refractivity contribution in [1.29, 1.82) is 0 Å². The minimum Gasteiger partial charge on any atom is -0.382 e. The number of hydrogen-bond acceptors (Lipinski definition) is 3. The van der Waals surface area contributed by atoms with E-state index in [1.54, 1.807) is 7.11 Å². The van der Waals surface area contributed by atoms with Crippen LogP contribution >= 0.6 is 0 Å². The number of benzene rings is 1. The fourth-order valence-corrected chi connectivity index (χ4v) is 1.96. The van der Waals surface area contributed by atoms with E-state index in [1.807, 2.05) is 25.2 Å². The van der Waals surface area contributed by atoms with Gasteiger partial charge in [-0.25, -0.2) is 4.98 Å². The van der Waals surface area contributed by atoms with Crippen LogP contribution in [-0.2, 0) is 11.8 Å². The third-order valence-electron chi connectivity index (χ3n) is 2.74. The second-order valence-electron chi connectivity index (χ2n) is 4.93. The molecule has 4 heteroatoms. The van der Waals surface area contributed by atoms with Crippen LogP contribution in [-0.4, -0.2) is 28.8 Å². The molecule has 0 atom stereocenters. The highest BCUT2D eigenvalue weighted by atomic mass is 16.5. The average Bonchev–Trinajstić information content (AvgIpc) is 2.56. The van der Waals surface area contributed by atoms with E-state index in [-0.39, 0.29) is 5.54 Å². The monoisotopic (exact) mass is 233 g/mol. The predicted molar refractivity (Wildman–Crippen MR) is 70.3 cm³/mol. The number of methoxy groups -OCH3 is 1. The van der Waals surface area contributed by atoms with Crippen LogP contribution < -0.4 is 5.32 Å². The van der Waals surface area contributed by atoms with Gasteiger partial charge in [-0.3, -0.25) is 0 Å². The Hall–Kier alpha value is -1.55. The van der Waals surface area contributed by atoms with E-state index in [1.165, 1.54) is 0 Å². The van der Waals surface area contributed by atoms with Gasteiger partial charge in [0.1, 0.15) is 0 Å². The van der Waals surface area contributed by atoms with Gasteiger partial charge in [0, 0.05) is 14.2 Å². The van der Waals surface area contributed by atoms with Crippen molar-refractivity contribution in [3.8, 4) is 0 Å². The lowest BCUT2D eigenvalue weighted by Gasteiger charge is -2.25. The van der Waals surface area contributed by atoms with Gasteiger partial charge in [0.25, 0.3) is 0 Å². The Bertz CT molecular complexity index is 516. The second-order valence-corrected chi connectivity index (χ2v) is 4.93. The zero-order valence-electron chi connectivity index (χ0n) is 10.8. The van der Waals surface area contributed by atoms with Gasteiger partial charge < -0.3 is 14.6 Å². The Morgan fingerprint density at radius 1 is 1.35 bits per heavy atom. The predicted octanol–water partition coefficient (Wildman–Crippen LogP) is 2.41. The maximum atomic E-state index is 5.19. The van der Waals surface area contributed by atoms with Gasteiger partial charge in [-0.05, 0) is 26.0 Å². The van der Waals surface area contributed by atoms with Crippen molar-refractivity contribution >= 4 is 17.0 Å². The number of fused-ring (bicyclic) bond motifs is 1. The van der Waals surface area contributed by atoms with Crippen LogP contribution in [0, 0.1) is 0 Å². The number of aromatic nitrogens is 2. The van der Waals surface area contributed by atoms with Gasteiger partial charge in [0.2, 0.25) is 5.95 Å². The van der Waals surface area contributed by atoms with E-state index in [0.717, 1.165) is 17.0 Å². The Labute approximate surface area is 102 Å². The van der Waals surface area contributed by atoms with Gasteiger partial charge in [0.05, 0.1) is 23.2 Å². The molecule has 0 aliphatic rings. The molecule has 2 rings (SSSR count). The Kier molecular flexibility index (Phi) is 3.07. The molecule has 0 aliphatic carbocycles. The van der Waals surface area contributed by atoms with Gasteiger partial charge in [-0.15, -0.1) is 0 Å². The first-order valence-electron chi connectivity index (χ1n) is 5.72. The summed E-state index contributed by atoms with van der Waals surface area (Å²) in [7, 11) is 3.72. The molecular formula is C13H19N3O. The minimum absolute atomic E-state index is 0.135. The largest absolute Gasteiger partial charge is 0.382 e. The van der Waals surface area contributed by atoms with E-state index in [4.69, 9.17) is 4.74 Å². The molecule has 92 valence electrons. The molecular weight excluding hydrogens is 214 g/mol. The lowest BCUT2D eigenvalue weighted by molar-refractivity contribution is 0.157. The van der Waals surface area contributed by atoms with Crippen LogP contribution in [0.15, 0.2) is 24.3 Å². The molecule has 0 radical (unpaired) electrons. The van der Waals surface area contributed by atoms with E-state index >= 15 is 0 Å². The third kappa shape index (κ3) is 2.42. The summed E-state index contributed by atoms with van der Waals surface area (Å²) in [6.45, 7) is 4.82. The van der Waals surface area contributed by atoms with Gasteiger partial charge in [0.15, 0.2) is 0 Å². The highest BCUT2D eigenvalue weighted by molar-refractivity contribution is 5.78. The zero-order chi connectivity index (χ0) is 12.5. The molecule has 0 saturated heterocycles. The van der Waals surface area contributed by atoms with E-state index in [0.29, 0.717) is 6.61 Å². The molecule has 1 N–H and O–H groups in total. The van der Waals surface area contributed by atoms with E-state index < -0.39 is 0 Å². The molecule has 0 aliphatic heterocycles. The molecule has 1 heterocycles. The molecule has 0 fully saturated rings. The second kappa shape index (κ2) is 4.37. The van der Waals surface area contributed by atoms with Crippen molar-refractivity contribution < 1.29 is 4.74 Å². The molecule has 0 amide bonds. The summed E-state index contributed by atoms with van der Waals surface area (Å²) in [5.74, 6) is 0.869. The molecule has 0 saturated carbocycles. The molecule has 0 bridgehead atoms. The number of ether oxygens (including phenoxy) is 1. The van der Waals surface area contributed by atoms with Crippen LogP contribution in [0.4, 0.5) is 5.95 Å². The molecule has 2 aromatic rings. The molecule has 1 aromatic carbocycles. The smallest absolute Gasteiger partial charge is 0.204 e. The van der Waals surface area contributed by atoms with Crippen LogP contribution in [0.25, 0.3) is 11.0 Å². The van der Waals surface area contributed by atoms with Gasteiger partial charge in [-0.1, -0.05) is 12.1 Å². The minimum atomic E-state index is -0.135. The Morgan fingerprint density at radius 3 is 2.71 bits per heavy atom. The van der Waals surface area contributed by atoms with E-state index in [9.17, 15) is 0 Å². The van der Waals surface area contributed by atoms with Gasteiger partial charge in [-0.2, -0.15) is 0 Å². The lowest BCUT2D eigenvalue weighted by Crippen LogP contribution is -2.36. The van der Waals surface area contributed by atoms with Crippen molar-refractivity contribution in [3.05, 3.63) is 24.3 Å². The highest BCUT2D eigenvalue weighted by Gasteiger charge is 2.20. The van der Waals surface area contributed by atoms with Crippen molar-refractivity contribution in [3.63, 3.8) is 0 Å². The average molecular weight is 233 g/mol. The molecule has 0 spiro atoms. The lowest BCUT2D eigenvalue weighted by atomic mass is 10.1. The summed E-state index contributed by atoms with van der Waals surface area (Å²) in [5, 5.41) is 3.40. The fraction of sp³-hybridized carbons (Fsp3) is 0.462. The van der Waals surface area contributed by atoms with Crippen molar-refractivity contribution in [2.24, 2.45) is 7.05 Å². The summed E-state index contributed by atoms with van der Waals surface area (Å²) in [6.07, 6.45) is 0. The van der Waals surface area contributed by atoms with Crippen molar-refractivity contribution in [1.82, 2.24) is 9.55 Å².